The first-order chi connectivity index (χ1) is 13.2. The van der Waals surface area contributed by atoms with Crippen LogP contribution in [0.15, 0.2) is 71.8 Å². The number of hydrogen-bond donors (Lipinski definition) is 1. The molecule has 0 amide bonds. The molecular weight excluding hydrogens is 383 g/mol. The number of benzene rings is 3. The van der Waals surface area contributed by atoms with Gasteiger partial charge in [0.1, 0.15) is 6.61 Å². The molecule has 0 atom stereocenters. The van der Waals surface area contributed by atoms with Gasteiger partial charge in [-0.15, -0.1) is 0 Å². The smallest absolute Gasteiger partial charge is 0.170 e. The minimum absolute atomic E-state index is 0.324. The summed E-state index contributed by atoms with van der Waals surface area (Å²) < 4.78 is 11.4. The Labute approximate surface area is 168 Å². The van der Waals surface area contributed by atoms with Crippen LogP contribution in [0, 0.1) is 0 Å². The summed E-state index contributed by atoms with van der Waals surface area (Å²) in [6.45, 7) is 0.324. The minimum Gasteiger partial charge on any atom is -0.493 e. The molecule has 4 nitrogen and oxygen atoms in total. The maximum absolute atomic E-state index is 6.07. The highest BCUT2D eigenvalue weighted by Crippen LogP contribution is 2.31. The Hall–Kier alpha value is -2.69. The molecule has 0 bridgehead atoms. The van der Waals surface area contributed by atoms with E-state index in [0.717, 1.165) is 16.8 Å². The lowest BCUT2D eigenvalue weighted by Gasteiger charge is -2.13. The van der Waals surface area contributed by atoms with Gasteiger partial charge in [-0.2, -0.15) is 5.10 Å². The van der Waals surface area contributed by atoms with E-state index < -0.39 is 0 Å². The molecule has 0 unspecified atom stereocenters. The predicted octanol–water partition coefficient (Wildman–Crippen LogP) is 6.03. The van der Waals surface area contributed by atoms with Crippen LogP contribution in [-0.4, -0.2) is 13.3 Å². The van der Waals surface area contributed by atoms with Gasteiger partial charge in [0.05, 0.1) is 29.1 Å². The molecule has 1 N–H and O–H groups in total. The first-order valence-corrected chi connectivity index (χ1v) is 9.01. The highest BCUT2D eigenvalue weighted by Gasteiger charge is 2.10. The molecule has 0 radical (unpaired) electrons. The van der Waals surface area contributed by atoms with Gasteiger partial charge in [-0.25, -0.2) is 0 Å². The zero-order chi connectivity index (χ0) is 19.1. The summed E-state index contributed by atoms with van der Waals surface area (Å²) in [5, 5.41) is 5.28. The Morgan fingerprint density at radius 1 is 0.963 bits per heavy atom. The Kier molecular flexibility index (Phi) is 6.58. The van der Waals surface area contributed by atoms with Crippen LogP contribution < -0.4 is 14.9 Å². The number of ether oxygens (including phenoxy) is 2. The molecule has 0 aromatic heterocycles. The van der Waals surface area contributed by atoms with Crippen molar-refractivity contribution in [3.05, 3.63) is 87.9 Å². The van der Waals surface area contributed by atoms with Crippen LogP contribution in [0.5, 0.6) is 11.5 Å². The molecular formula is C21H18Cl2N2O2. The molecule has 3 aromatic rings. The number of nitrogens with zero attached hydrogens (tertiary/aromatic N) is 1. The average molecular weight is 401 g/mol. The molecule has 0 aliphatic rings. The summed E-state index contributed by atoms with van der Waals surface area (Å²) in [7, 11) is 1.60. The number of methoxy groups -OCH3 is 1. The fraction of sp³-hybridized carbons (Fsp3) is 0.0952. The van der Waals surface area contributed by atoms with Gasteiger partial charge in [0.25, 0.3) is 0 Å². The van der Waals surface area contributed by atoms with E-state index in [0.29, 0.717) is 28.2 Å². The van der Waals surface area contributed by atoms with Gasteiger partial charge in [-0.1, -0.05) is 53.5 Å². The van der Waals surface area contributed by atoms with E-state index in [1.807, 2.05) is 54.6 Å². The lowest BCUT2D eigenvalue weighted by Crippen LogP contribution is -2.01. The second-order valence-corrected chi connectivity index (χ2v) is 6.47. The topological polar surface area (TPSA) is 42.8 Å². The quantitative estimate of drug-likeness (QED) is 0.389. The van der Waals surface area contributed by atoms with E-state index in [1.54, 1.807) is 25.5 Å². The third kappa shape index (κ3) is 5.16. The molecule has 0 spiro atoms. The lowest BCUT2D eigenvalue weighted by atomic mass is 10.2. The van der Waals surface area contributed by atoms with Crippen molar-refractivity contribution in [1.82, 2.24) is 0 Å². The SMILES string of the molecule is COc1cccc(C=NNc2ccccc2)c1OCc1ccc(Cl)c(Cl)c1. The number of rotatable bonds is 7. The molecule has 0 saturated carbocycles. The first kappa shape index (κ1) is 19.1. The van der Waals surface area contributed by atoms with Crippen LogP contribution in [0.4, 0.5) is 5.69 Å². The summed E-state index contributed by atoms with van der Waals surface area (Å²) in [6.07, 6.45) is 1.69. The van der Waals surface area contributed by atoms with E-state index >= 15 is 0 Å². The van der Waals surface area contributed by atoms with Crippen molar-refractivity contribution in [3.8, 4) is 11.5 Å². The van der Waals surface area contributed by atoms with Gasteiger partial charge >= 0.3 is 0 Å². The first-order valence-electron chi connectivity index (χ1n) is 8.25. The van der Waals surface area contributed by atoms with Crippen LogP contribution in [0.3, 0.4) is 0 Å². The van der Waals surface area contributed by atoms with E-state index in [2.05, 4.69) is 10.5 Å². The molecule has 3 rings (SSSR count). The van der Waals surface area contributed by atoms with Crippen LogP contribution in [0.25, 0.3) is 0 Å². The number of hydrazone groups is 1. The summed E-state index contributed by atoms with van der Waals surface area (Å²) in [5.41, 5.74) is 5.58. The van der Waals surface area contributed by atoms with Crippen LogP contribution in [0.2, 0.25) is 10.0 Å². The van der Waals surface area contributed by atoms with Crippen LogP contribution in [0.1, 0.15) is 11.1 Å². The summed E-state index contributed by atoms with van der Waals surface area (Å²) >= 11 is 12.0. The van der Waals surface area contributed by atoms with Crippen molar-refractivity contribution < 1.29 is 9.47 Å². The number of hydrogen-bond acceptors (Lipinski definition) is 4. The highest BCUT2D eigenvalue weighted by molar-refractivity contribution is 6.42. The molecule has 0 aliphatic carbocycles. The lowest BCUT2D eigenvalue weighted by molar-refractivity contribution is 0.284. The number of para-hydroxylation sites is 2. The maximum Gasteiger partial charge on any atom is 0.170 e. The van der Waals surface area contributed by atoms with Crippen molar-refractivity contribution in [2.45, 2.75) is 6.61 Å². The fourth-order valence-electron chi connectivity index (χ4n) is 2.42. The molecule has 0 saturated heterocycles. The van der Waals surface area contributed by atoms with E-state index in [1.165, 1.54) is 0 Å². The van der Waals surface area contributed by atoms with Crippen molar-refractivity contribution in [1.29, 1.82) is 0 Å². The molecule has 27 heavy (non-hydrogen) atoms. The van der Waals surface area contributed by atoms with Gasteiger partial charge in [-0.05, 0) is 42.0 Å². The highest BCUT2D eigenvalue weighted by atomic mass is 35.5. The third-order valence-corrected chi connectivity index (χ3v) is 4.51. The summed E-state index contributed by atoms with van der Waals surface area (Å²) in [4.78, 5) is 0. The zero-order valence-corrected chi connectivity index (χ0v) is 16.2. The molecule has 6 heteroatoms. The standard InChI is InChI=1S/C21H18Cl2N2O2/c1-26-20-9-5-6-16(13-24-25-17-7-3-2-4-8-17)21(20)27-14-15-10-11-18(22)19(23)12-15/h2-13,25H,14H2,1H3. The molecule has 0 heterocycles. The summed E-state index contributed by atoms with van der Waals surface area (Å²) in [5.74, 6) is 1.23. The number of halogens is 2. The molecule has 3 aromatic carbocycles. The van der Waals surface area contributed by atoms with E-state index in [9.17, 15) is 0 Å². The van der Waals surface area contributed by atoms with Crippen molar-refractivity contribution in [3.63, 3.8) is 0 Å². The Morgan fingerprint density at radius 3 is 2.52 bits per heavy atom. The van der Waals surface area contributed by atoms with Gasteiger partial charge in [0.15, 0.2) is 11.5 Å². The molecule has 138 valence electrons. The summed E-state index contributed by atoms with van der Waals surface area (Å²) in [6, 6.07) is 20.7. The van der Waals surface area contributed by atoms with Crippen molar-refractivity contribution in [2.24, 2.45) is 5.10 Å². The van der Waals surface area contributed by atoms with Crippen molar-refractivity contribution >= 4 is 35.1 Å². The third-order valence-electron chi connectivity index (χ3n) is 3.77. The second-order valence-electron chi connectivity index (χ2n) is 5.65. The van der Waals surface area contributed by atoms with Crippen LogP contribution in [-0.2, 0) is 6.61 Å². The zero-order valence-electron chi connectivity index (χ0n) is 14.7. The molecule has 0 fully saturated rings. The maximum atomic E-state index is 6.07. The van der Waals surface area contributed by atoms with E-state index in [4.69, 9.17) is 32.7 Å². The minimum atomic E-state index is 0.324. The Bertz CT molecular complexity index is 931. The monoisotopic (exact) mass is 400 g/mol. The van der Waals surface area contributed by atoms with Gasteiger partial charge in [0.2, 0.25) is 0 Å². The normalized spacial score (nSPS) is 10.8. The van der Waals surface area contributed by atoms with Crippen LogP contribution >= 0.6 is 23.2 Å². The largest absolute Gasteiger partial charge is 0.493 e. The fourth-order valence-corrected chi connectivity index (χ4v) is 2.74. The number of anilines is 1. The average Bonchev–Trinajstić information content (AvgIpc) is 2.70. The Balaban J connectivity index is 1.77. The predicted molar refractivity (Wildman–Crippen MR) is 111 cm³/mol. The van der Waals surface area contributed by atoms with Gasteiger partial charge in [-0.3, -0.25) is 5.43 Å². The molecule has 0 aliphatic heterocycles. The Morgan fingerprint density at radius 2 is 1.78 bits per heavy atom. The van der Waals surface area contributed by atoms with Gasteiger partial charge in [0, 0.05) is 5.56 Å². The van der Waals surface area contributed by atoms with Crippen molar-refractivity contribution in [2.75, 3.05) is 12.5 Å². The van der Waals surface area contributed by atoms with E-state index in [-0.39, 0.29) is 0 Å². The number of nitrogens with one attached hydrogen (secondary N) is 1. The second kappa shape index (κ2) is 9.31. The van der Waals surface area contributed by atoms with Gasteiger partial charge < -0.3 is 9.47 Å².